The molecule has 0 fully saturated rings. The number of aromatic nitrogens is 1. The second kappa shape index (κ2) is 7.06. The molecule has 8 nitrogen and oxygen atoms in total. The monoisotopic (exact) mass is 311 g/mol. The van der Waals surface area contributed by atoms with Crippen molar-refractivity contribution in [2.45, 2.75) is 46.3 Å². The van der Waals surface area contributed by atoms with E-state index >= 15 is 0 Å². The number of carbonyl (C=O) groups excluding carboxylic acids is 1. The van der Waals surface area contributed by atoms with E-state index in [9.17, 15) is 14.9 Å². The number of ether oxygens (including phenoxy) is 2. The molecule has 122 valence electrons. The minimum Gasteiger partial charge on any atom is -0.475 e. The van der Waals surface area contributed by atoms with Crippen LogP contribution in [0.15, 0.2) is 12.1 Å². The Balaban J connectivity index is 2.55. The number of aryl methyl sites for hydroxylation is 1. The number of alkyl carbamates (subject to hydrolysis) is 1. The molecule has 0 aromatic carbocycles. The highest BCUT2D eigenvalue weighted by Gasteiger charge is 2.18. The van der Waals surface area contributed by atoms with Crippen molar-refractivity contribution in [2.24, 2.45) is 0 Å². The van der Waals surface area contributed by atoms with Gasteiger partial charge in [0.25, 0.3) is 5.69 Å². The van der Waals surface area contributed by atoms with Crippen molar-refractivity contribution in [1.82, 2.24) is 10.3 Å². The summed E-state index contributed by atoms with van der Waals surface area (Å²) in [5, 5.41) is 13.4. The van der Waals surface area contributed by atoms with Gasteiger partial charge in [0.05, 0.1) is 17.0 Å². The highest BCUT2D eigenvalue weighted by molar-refractivity contribution is 5.68. The molecule has 1 amide bonds. The van der Waals surface area contributed by atoms with Gasteiger partial charge in [-0.1, -0.05) is 0 Å². The second-order valence-corrected chi connectivity index (χ2v) is 5.92. The van der Waals surface area contributed by atoms with Crippen LogP contribution in [0, 0.1) is 17.0 Å². The Morgan fingerprint density at radius 3 is 2.64 bits per heavy atom. The molecular formula is C14H21N3O5. The molecule has 0 aliphatic heterocycles. The first-order chi connectivity index (χ1) is 10.1. The molecule has 1 rings (SSSR count). The topological polar surface area (TPSA) is 104 Å². The van der Waals surface area contributed by atoms with Crippen molar-refractivity contribution >= 4 is 11.8 Å². The fourth-order valence-corrected chi connectivity index (χ4v) is 1.56. The van der Waals surface area contributed by atoms with Crippen LogP contribution >= 0.6 is 0 Å². The summed E-state index contributed by atoms with van der Waals surface area (Å²) in [5.41, 5.74) is -0.184. The number of pyridine rings is 1. The summed E-state index contributed by atoms with van der Waals surface area (Å²) in [4.78, 5) is 25.9. The Kier molecular flexibility index (Phi) is 5.67. The zero-order chi connectivity index (χ0) is 16.9. The number of rotatable bonds is 5. The molecule has 1 N–H and O–H groups in total. The minimum atomic E-state index is -0.580. The van der Waals surface area contributed by atoms with Gasteiger partial charge in [0.15, 0.2) is 0 Å². The van der Waals surface area contributed by atoms with Crippen LogP contribution in [-0.2, 0) is 4.74 Å². The third-order valence-electron chi connectivity index (χ3n) is 2.37. The minimum absolute atomic E-state index is 0.0877. The molecule has 0 saturated heterocycles. The maximum atomic E-state index is 11.6. The number of carbonyl (C=O) groups is 1. The zero-order valence-electron chi connectivity index (χ0n) is 13.4. The fourth-order valence-electron chi connectivity index (χ4n) is 1.56. The fraction of sp³-hybridized carbons (Fsp3) is 0.571. The smallest absolute Gasteiger partial charge is 0.407 e. The Bertz CT molecular complexity index is 554. The molecule has 1 heterocycles. The third-order valence-corrected chi connectivity index (χ3v) is 2.37. The summed E-state index contributed by atoms with van der Waals surface area (Å²) in [6.07, 6.45) is -0.549. The molecule has 8 heteroatoms. The standard InChI is InChI=1S/C14H21N3O5/c1-9-6-11(17(19)20)7-12(15-9)21-8-10(2)16-13(18)22-14(3,4)5/h6-7,10H,8H2,1-5H3,(H,16,18). The van der Waals surface area contributed by atoms with Crippen LogP contribution < -0.4 is 10.1 Å². The number of nitro groups is 1. The SMILES string of the molecule is Cc1cc([N+](=O)[O-])cc(OCC(C)NC(=O)OC(C)(C)C)n1. The van der Waals surface area contributed by atoms with Crippen molar-refractivity contribution in [2.75, 3.05) is 6.61 Å². The number of nitrogens with one attached hydrogen (secondary N) is 1. The van der Waals surface area contributed by atoms with E-state index in [2.05, 4.69) is 10.3 Å². The van der Waals surface area contributed by atoms with E-state index in [1.807, 2.05) is 0 Å². The Morgan fingerprint density at radius 2 is 2.09 bits per heavy atom. The van der Waals surface area contributed by atoms with Gasteiger partial charge in [-0.2, -0.15) is 0 Å². The molecule has 0 spiro atoms. The number of amides is 1. The van der Waals surface area contributed by atoms with Crippen LogP contribution in [0.1, 0.15) is 33.4 Å². The second-order valence-electron chi connectivity index (χ2n) is 5.92. The number of hydrogen-bond acceptors (Lipinski definition) is 6. The highest BCUT2D eigenvalue weighted by atomic mass is 16.6. The lowest BCUT2D eigenvalue weighted by Gasteiger charge is -2.21. The first-order valence-corrected chi connectivity index (χ1v) is 6.82. The van der Waals surface area contributed by atoms with Crippen LogP contribution in [-0.4, -0.2) is 34.3 Å². The predicted molar refractivity (Wildman–Crippen MR) is 80.0 cm³/mol. The van der Waals surface area contributed by atoms with Crippen LogP contribution in [0.25, 0.3) is 0 Å². The van der Waals surface area contributed by atoms with E-state index < -0.39 is 16.6 Å². The predicted octanol–water partition coefficient (Wildman–Crippen LogP) is 2.59. The molecular weight excluding hydrogens is 290 g/mol. The molecule has 22 heavy (non-hydrogen) atoms. The molecule has 1 unspecified atom stereocenters. The Morgan fingerprint density at radius 1 is 1.45 bits per heavy atom. The van der Waals surface area contributed by atoms with Crippen LogP contribution in [0.4, 0.5) is 10.5 Å². The van der Waals surface area contributed by atoms with E-state index in [4.69, 9.17) is 9.47 Å². The van der Waals surface area contributed by atoms with Crippen molar-refractivity contribution < 1.29 is 19.2 Å². The highest BCUT2D eigenvalue weighted by Crippen LogP contribution is 2.18. The van der Waals surface area contributed by atoms with E-state index in [1.54, 1.807) is 34.6 Å². The maximum Gasteiger partial charge on any atom is 0.407 e. The lowest BCUT2D eigenvalue weighted by atomic mass is 10.2. The molecule has 1 atom stereocenters. The third kappa shape index (κ3) is 6.38. The van der Waals surface area contributed by atoms with E-state index in [-0.39, 0.29) is 24.2 Å². The molecule has 1 aromatic rings. The first kappa shape index (κ1) is 17.7. The lowest BCUT2D eigenvalue weighted by molar-refractivity contribution is -0.385. The van der Waals surface area contributed by atoms with Crippen molar-refractivity contribution in [3.05, 3.63) is 27.9 Å². The van der Waals surface area contributed by atoms with Crippen molar-refractivity contribution in [3.8, 4) is 5.88 Å². The van der Waals surface area contributed by atoms with Gasteiger partial charge in [-0.05, 0) is 34.6 Å². The van der Waals surface area contributed by atoms with Gasteiger partial charge in [0.2, 0.25) is 5.88 Å². The molecule has 1 aromatic heterocycles. The number of nitrogens with zero attached hydrogens (tertiary/aromatic N) is 2. The summed E-state index contributed by atoms with van der Waals surface area (Å²) in [5.74, 6) is 0.143. The zero-order valence-corrected chi connectivity index (χ0v) is 13.4. The average Bonchev–Trinajstić information content (AvgIpc) is 2.33. The van der Waals surface area contributed by atoms with E-state index in [0.29, 0.717) is 5.69 Å². The average molecular weight is 311 g/mol. The summed E-state index contributed by atoms with van der Waals surface area (Å²) in [7, 11) is 0. The Hall–Kier alpha value is -2.38. The molecule has 0 aliphatic rings. The van der Waals surface area contributed by atoms with Gasteiger partial charge in [-0.3, -0.25) is 10.1 Å². The van der Waals surface area contributed by atoms with Crippen LogP contribution in [0.5, 0.6) is 5.88 Å². The molecule has 0 aliphatic carbocycles. The molecule has 0 bridgehead atoms. The van der Waals surface area contributed by atoms with Gasteiger partial charge < -0.3 is 14.8 Å². The largest absolute Gasteiger partial charge is 0.475 e. The van der Waals surface area contributed by atoms with Gasteiger partial charge in [-0.25, -0.2) is 9.78 Å². The van der Waals surface area contributed by atoms with Crippen LogP contribution in [0.3, 0.4) is 0 Å². The van der Waals surface area contributed by atoms with Crippen molar-refractivity contribution in [1.29, 1.82) is 0 Å². The van der Waals surface area contributed by atoms with Gasteiger partial charge >= 0.3 is 6.09 Å². The van der Waals surface area contributed by atoms with E-state index in [1.165, 1.54) is 12.1 Å². The Labute approximate surface area is 129 Å². The number of hydrogen-bond donors (Lipinski definition) is 1. The van der Waals surface area contributed by atoms with E-state index in [0.717, 1.165) is 0 Å². The summed E-state index contributed by atoms with van der Waals surface area (Å²) in [6.45, 7) is 8.79. The van der Waals surface area contributed by atoms with Gasteiger partial charge in [-0.15, -0.1) is 0 Å². The first-order valence-electron chi connectivity index (χ1n) is 6.82. The molecule has 0 saturated carbocycles. The summed E-state index contributed by atoms with van der Waals surface area (Å²) >= 11 is 0. The van der Waals surface area contributed by atoms with Gasteiger partial charge in [0, 0.05) is 11.8 Å². The van der Waals surface area contributed by atoms with Crippen molar-refractivity contribution in [3.63, 3.8) is 0 Å². The quantitative estimate of drug-likeness (QED) is 0.662. The van der Waals surface area contributed by atoms with Crippen LogP contribution in [0.2, 0.25) is 0 Å². The summed E-state index contributed by atoms with van der Waals surface area (Å²) < 4.78 is 10.5. The summed E-state index contributed by atoms with van der Waals surface area (Å²) in [6, 6.07) is 2.26. The molecule has 0 radical (unpaired) electrons. The normalized spacial score (nSPS) is 12.4. The maximum absolute atomic E-state index is 11.6. The lowest BCUT2D eigenvalue weighted by Crippen LogP contribution is -2.40. The van der Waals surface area contributed by atoms with Gasteiger partial charge in [0.1, 0.15) is 12.2 Å².